The van der Waals surface area contributed by atoms with Gasteiger partial charge in [-0.1, -0.05) is 17.7 Å². The van der Waals surface area contributed by atoms with Crippen molar-refractivity contribution in [1.29, 1.82) is 0 Å². The second-order valence-corrected chi connectivity index (χ2v) is 8.45. The quantitative estimate of drug-likeness (QED) is 0.619. The molecule has 1 atom stereocenters. The fourth-order valence-electron chi connectivity index (χ4n) is 2.47. The van der Waals surface area contributed by atoms with Gasteiger partial charge in [-0.25, -0.2) is 13.8 Å². The Hall–Kier alpha value is -2.36. The van der Waals surface area contributed by atoms with Gasteiger partial charge in [0, 0.05) is 7.05 Å². The molecule has 2 amide bonds. The van der Waals surface area contributed by atoms with E-state index >= 15 is 0 Å². The van der Waals surface area contributed by atoms with Crippen molar-refractivity contribution in [1.82, 2.24) is 15.6 Å². The molecule has 0 saturated carbocycles. The van der Waals surface area contributed by atoms with Crippen molar-refractivity contribution in [3.63, 3.8) is 0 Å². The summed E-state index contributed by atoms with van der Waals surface area (Å²) in [5.41, 5.74) is 0.613. The number of likely N-dealkylation sites (N-methyl/N-ethyl adjacent to an activating group) is 1. The highest BCUT2D eigenvalue weighted by molar-refractivity contribution is 7.24. The Kier molecular flexibility index (Phi) is 6.07. The Morgan fingerprint density at radius 1 is 1.14 bits per heavy atom. The maximum Gasteiger partial charge on any atom is 0.264 e. The largest absolute Gasteiger partial charge is 0.357 e. The first kappa shape index (κ1) is 20.4. The van der Waals surface area contributed by atoms with Crippen LogP contribution in [0.4, 0.5) is 8.78 Å². The van der Waals surface area contributed by atoms with Gasteiger partial charge in [-0.2, -0.15) is 0 Å². The Morgan fingerprint density at radius 2 is 1.89 bits per heavy atom. The lowest BCUT2D eigenvalue weighted by Gasteiger charge is -2.17. The zero-order valence-electron chi connectivity index (χ0n) is 14.7. The molecule has 0 aliphatic rings. The molecule has 0 fully saturated rings. The van der Waals surface area contributed by atoms with Crippen LogP contribution in [0.25, 0.3) is 9.88 Å². The summed E-state index contributed by atoms with van der Waals surface area (Å²) in [7, 11) is 1.39. The van der Waals surface area contributed by atoms with E-state index in [1.807, 2.05) is 6.07 Å². The minimum absolute atomic E-state index is 0.124. The average molecular weight is 442 g/mol. The van der Waals surface area contributed by atoms with E-state index < -0.39 is 29.5 Å². The second kappa shape index (κ2) is 8.34. The van der Waals surface area contributed by atoms with Gasteiger partial charge in [-0.3, -0.25) is 9.59 Å². The van der Waals surface area contributed by atoms with E-state index in [2.05, 4.69) is 15.6 Å². The number of nitrogens with one attached hydrogen (secondary N) is 2. The smallest absolute Gasteiger partial charge is 0.264 e. The molecule has 0 radical (unpaired) electrons. The molecule has 1 unspecified atom stereocenters. The Labute approximate surface area is 172 Å². The highest BCUT2D eigenvalue weighted by atomic mass is 35.5. The molecule has 5 nitrogen and oxygen atoms in total. The van der Waals surface area contributed by atoms with E-state index in [0.717, 1.165) is 28.3 Å². The lowest BCUT2D eigenvalue weighted by Crippen LogP contribution is -2.39. The molecule has 0 aliphatic heterocycles. The third kappa shape index (κ3) is 4.21. The maximum absolute atomic E-state index is 13.6. The summed E-state index contributed by atoms with van der Waals surface area (Å²) in [5.74, 6) is -3.25. The number of benzene rings is 1. The standard InChI is InChI=1S/C18H14ClF2N3O2S2/c1-8-15(28-18(23-8)12-5-6-13(19)27-12)17(26)24-14(16(25)22-2)9-3-4-10(20)11(21)7-9/h3-7,14H,1-2H3,(H,22,25)(H,24,26). The topological polar surface area (TPSA) is 71.1 Å². The predicted octanol–water partition coefficient (Wildman–Crippen LogP) is 4.33. The minimum atomic E-state index is -1.19. The van der Waals surface area contributed by atoms with Crippen LogP contribution in [0.5, 0.6) is 0 Å². The summed E-state index contributed by atoms with van der Waals surface area (Å²) in [4.78, 5) is 30.5. The zero-order valence-corrected chi connectivity index (χ0v) is 17.1. The molecule has 146 valence electrons. The van der Waals surface area contributed by atoms with E-state index in [1.54, 1.807) is 13.0 Å². The van der Waals surface area contributed by atoms with Crippen LogP contribution >= 0.6 is 34.3 Å². The van der Waals surface area contributed by atoms with Crippen molar-refractivity contribution in [3.8, 4) is 9.88 Å². The van der Waals surface area contributed by atoms with Gasteiger partial charge < -0.3 is 10.6 Å². The van der Waals surface area contributed by atoms with Crippen molar-refractivity contribution >= 4 is 46.1 Å². The number of hydrogen-bond acceptors (Lipinski definition) is 5. The van der Waals surface area contributed by atoms with E-state index in [9.17, 15) is 18.4 Å². The second-order valence-electron chi connectivity index (χ2n) is 5.73. The number of carbonyl (C=O) groups excluding carboxylic acids is 2. The third-order valence-corrected chi connectivity index (χ3v) is 6.40. The van der Waals surface area contributed by atoms with Gasteiger partial charge in [-0.05, 0) is 36.8 Å². The summed E-state index contributed by atoms with van der Waals surface area (Å²) in [5, 5.41) is 5.60. The van der Waals surface area contributed by atoms with Crippen LogP contribution in [0.2, 0.25) is 4.34 Å². The maximum atomic E-state index is 13.6. The van der Waals surface area contributed by atoms with Crippen molar-refractivity contribution < 1.29 is 18.4 Å². The van der Waals surface area contributed by atoms with Crippen LogP contribution in [0.15, 0.2) is 30.3 Å². The van der Waals surface area contributed by atoms with Crippen LogP contribution in [0.3, 0.4) is 0 Å². The molecule has 2 heterocycles. The molecular weight excluding hydrogens is 428 g/mol. The first-order valence-corrected chi connectivity index (χ1v) is 10.0. The Morgan fingerprint density at radius 3 is 2.50 bits per heavy atom. The van der Waals surface area contributed by atoms with E-state index in [1.165, 1.54) is 24.5 Å². The highest BCUT2D eigenvalue weighted by Crippen LogP contribution is 2.35. The van der Waals surface area contributed by atoms with E-state index in [0.29, 0.717) is 19.9 Å². The normalized spacial score (nSPS) is 11.9. The Balaban J connectivity index is 1.89. The number of hydrogen-bond donors (Lipinski definition) is 2. The number of thiophene rings is 1. The van der Waals surface area contributed by atoms with Crippen molar-refractivity contribution in [2.24, 2.45) is 0 Å². The van der Waals surface area contributed by atoms with Gasteiger partial charge in [-0.15, -0.1) is 22.7 Å². The van der Waals surface area contributed by atoms with Crippen molar-refractivity contribution in [3.05, 3.63) is 62.4 Å². The molecular formula is C18H14ClF2N3O2S2. The average Bonchev–Trinajstić information content (AvgIpc) is 3.27. The first-order valence-electron chi connectivity index (χ1n) is 8.00. The molecule has 0 saturated heterocycles. The monoisotopic (exact) mass is 441 g/mol. The molecule has 28 heavy (non-hydrogen) atoms. The molecule has 2 N–H and O–H groups in total. The summed E-state index contributed by atoms with van der Waals surface area (Å²) >= 11 is 8.44. The number of nitrogens with zero attached hydrogens (tertiary/aromatic N) is 1. The number of carbonyl (C=O) groups is 2. The van der Waals surface area contributed by atoms with Gasteiger partial charge in [0.15, 0.2) is 11.6 Å². The third-order valence-electron chi connectivity index (χ3n) is 3.85. The SMILES string of the molecule is CNC(=O)C(NC(=O)c1sc(-c2ccc(Cl)s2)nc1C)c1ccc(F)c(F)c1. The summed E-state index contributed by atoms with van der Waals surface area (Å²) in [6.07, 6.45) is 0. The molecule has 3 aromatic rings. The summed E-state index contributed by atoms with van der Waals surface area (Å²) in [6.45, 7) is 1.68. The molecule has 10 heteroatoms. The number of halogens is 3. The van der Waals surface area contributed by atoms with Gasteiger partial charge in [0.05, 0.1) is 14.9 Å². The van der Waals surface area contributed by atoms with Gasteiger partial charge in [0.1, 0.15) is 15.9 Å². The number of aryl methyl sites for hydroxylation is 1. The van der Waals surface area contributed by atoms with Gasteiger partial charge in [0.25, 0.3) is 5.91 Å². The summed E-state index contributed by atoms with van der Waals surface area (Å²) < 4.78 is 27.4. The number of aromatic nitrogens is 1. The number of amides is 2. The fraction of sp³-hybridized carbons (Fsp3) is 0.167. The summed E-state index contributed by atoms with van der Waals surface area (Å²) in [6, 6.07) is 5.40. The highest BCUT2D eigenvalue weighted by Gasteiger charge is 2.26. The molecule has 0 spiro atoms. The lowest BCUT2D eigenvalue weighted by molar-refractivity contribution is -0.122. The number of thiazole rings is 1. The van der Waals surface area contributed by atoms with Crippen LogP contribution in [-0.4, -0.2) is 23.8 Å². The van der Waals surface area contributed by atoms with E-state index in [-0.39, 0.29) is 5.56 Å². The Bertz CT molecular complexity index is 1050. The van der Waals surface area contributed by atoms with Crippen LogP contribution in [-0.2, 0) is 4.79 Å². The van der Waals surface area contributed by atoms with Crippen LogP contribution in [0.1, 0.15) is 27.0 Å². The zero-order chi connectivity index (χ0) is 20.4. The van der Waals surface area contributed by atoms with E-state index in [4.69, 9.17) is 11.6 Å². The first-order chi connectivity index (χ1) is 13.3. The fourth-order valence-corrected chi connectivity index (χ4v) is 4.54. The predicted molar refractivity (Wildman–Crippen MR) is 106 cm³/mol. The molecule has 1 aromatic carbocycles. The minimum Gasteiger partial charge on any atom is -0.357 e. The van der Waals surface area contributed by atoms with Crippen LogP contribution in [0, 0.1) is 18.6 Å². The molecule has 2 aromatic heterocycles. The lowest BCUT2D eigenvalue weighted by atomic mass is 10.1. The van der Waals surface area contributed by atoms with Crippen molar-refractivity contribution in [2.45, 2.75) is 13.0 Å². The van der Waals surface area contributed by atoms with Gasteiger partial charge in [0.2, 0.25) is 5.91 Å². The van der Waals surface area contributed by atoms with Gasteiger partial charge >= 0.3 is 0 Å². The molecule has 0 aliphatic carbocycles. The van der Waals surface area contributed by atoms with Crippen LogP contribution < -0.4 is 10.6 Å². The molecule has 3 rings (SSSR count). The number of rotatable bonds is 5. The van der Waals surface area contributed by atoms with Crippen molar-refractivity contribution in [2.75, 3.05) is 7.05 Å². The molecule has 0 bridgehead atoms.